The van der Waals surface area contributed by atoms with Crippen LogP contribution in [0.2, 0.25) is 0 Å². The first-order valence-electron chi connectivity index (χ1n) is 5.41. The van der Waals surface area contributed by atoms with E-state index in [1.165, 1.54) is 0 Å². The van der Waals surface area contributed by atoms with Crippen LogP contribution in [-0.2, 0) is 14.0 Å². The molecule has 0 amide bonds. The molecule has 4 heteroatoms. The molecule has 0 unspecified atom stereocenters. The quantitative estimate of drug-likeness (QED) is 0.475. The molecule has 0 spiro atoms. The fraction of sp³-hybridized carbons (Fsp3) is 0.333. The smallest absolute Gasteiger partial charge is 0.303 e. The summed E-state index contributed by atoms with van der Waals surface area (Å²) in [7, 11) is 0. The zero-order chi connectivity index (χ0) is 12.7. The van der Waals surface area contributed by atoms with Gasteiger partial charge in [-0.05, 0) is 0 Å². The fourth-order valence-electron chi connectivity index (χ4n) is 0.479. The van der Waals surface area contributed by atoms with Crippen molar-refractivity contribution in [2.45, 2.75) is 0 Å². The zero-order valence-electron chi connectivity index (χ0n) is 10.9. The number of hydrogen-bond donors (Lipinski definition) is 0. The van der Waals surface area contributed by atoms with Crippen LogP contribution in [0.15, 0.2) is 21.9 Å². The van der Waals surface area contributed by atoms with Gasteiger partial charge in [0.15, 0.2) is 0 Å². The average molecular weight is 146 g/mol. The minimum Gasteiger partial charge on any atom is -0.303 e. The van der Waals surface area contributed by atoms with E-state index in [4.69, 9.17) is 8.22 Å². The Morgan fingerprint density at radius 3 is 2.90 bits per heavy atom. The van der Waals surface area contributed by atoms with Crippen LogP contribution in [0.5, 0.6) is 0 Å². The van der Waals surface area contributed by atoms with Crippen LogP contribution < -0.4 is 11.2 Å². The Morgan fingerprint density at radius 1 is 1.50 bits per heavy atom. The lowest BCUT2D eigenvalue weighted by atomic mass is 10.6. The predicted molar refractivity (Wildman–Crippen MR) is 36.9 cm³/mol. The summed E-state index contributed by atoms with van der Waals surface area (Å²) < 4.78 is 42.0. The molecule has 0 aromatic carbocycles. The summed E-state index contributed by atoms with van der Waals surface area (Å²) in [6.07, 6.45) is 0.750. The molecule has 1 heterocycles. The molecule has 0 bridgehead atoms. The standard InChI is InChI=1S/C6H8N2O2/c1-7-4-3-5(9)8(2)6(7)10/h3-4H,1-2H3/i1D3,2D3. The molecule has 0 saturated carbocycles. The third-order valence-corrected chi connectivity index (χ3v) is 0.984. The predicted octanol–water partition coefficient (Wildman–Crippen LogP) is -0.916. The Morgan fingerprint density at radius 2 is 2.30 bits per heavy atom. The molecule has 0 aliphatic heterocycles. The lowest BCUT2D eigenvalue weighted by molar-refractivity contribution is 0.686. The Kier molecular flexibility index (Phi) is 0.506. The van der Waals surface area contributed by atoms with E-state index in [0.717, 1.165) is 12.3 Å². The fourth-order valence-corrected chi connectivity index (χ4v) is 0.479. The second-order valence-corrected chi connectivity index (χ2v) is 1.64. The van der Waals surface area contributed by atoms with Gasteiger partial charge in [-0.15, -0.1) is 0 Å². The first-order valence-corrected chi connectivity index (χ1v) is 2.41. The highest BCUT2D eigenvalue weighted by atomic mass is 16.2. The van der Waals surface area contributed by atoms with Gasteiger partial charge in [-0.25, -0.2) is 4.79 Å². The molecule has 0 atom stereocenters. The van der Waals surface area contributed by atoms with E-state index in [2.05, 4.69) is 0 Å². The van der Waals surface area contributed by atoms with Crippen LogP contribution in [-0.4, -0.2) is 9.13 Å². The third kappa shape index (κ3) is 0.877. The van der Waals surface area contributed by atoms with E-state index >= 15 is 0 Å². The number of aromatic nitrogens is 2. The molecule has 0 aliphatic rings. The SMILES string of the molecule is [2H]C([2H])([2H])n1ccc(=O)n(C([2H])([2H])[2H])c1=O. The van der Waals surface area contributed by atoms with Gasteiger partial charge in [0.05, 0.1) is 0 Å². The van der Waals surface area contributed by atoms with Gasteiger partial charge in [0.25, 0.3) is 5.56 Å². The maximum Gasteiger partial charge on any atom is 0.330 e. The highest BCUT2D eigenvalue weighted by Crippen LogP contribution is 1.66. The molecule has 0 N–H and O–H groups in total. The van der Waals surface area contributed by atoms with Crippen LogP contribution in [0, 0.1) is 0 Å². The third-order valence-electron chi connectivity index (χ3n) is 0.984. The van der Waals surface area contributed by atoms with Gasteiger partial charge in [-0.3, -0.25) is 9.36 Å². The van der Waals surface area contributed by atoms with Crippen molar-refractivity contribution in [2.75, 3.05) is 0 Å². The zero-order valence-corrected chi connectivity index (χ0v) is 4.87. The molecule has 0 saturated heterocycles. The Balaban J connectivity index is 3.66. The molecular weight excluding hydrogens is 132 g/mol. The van der Waals surface area contributed by atoms with E-state index in [1.54, 1.807) is 0 Å². The van der Waals surface area contributed by atoms with Crippen LogP contribution in [0.4, 0.5) is 0 Å². The molecule has 0 radical (unpaired) electrons. The van der Waals surface area contributed by atoms with E-state index in [-0.39, 0.29) is 9.13 Å². The summed E-state index contributed by atoms with van der Waals surface area (Å²) in [5.41, 5.74) is -2.45. The normalized spacial score (nSPS) is 21.2. The topological polar surface area (TPSA) is 44.0 Å². The largest absolute Gasteiger partial charge is 0.330 e. The number of hydrogen-bond acceptors (Lipinski definition) is 2. The van der Waals surface area contributed by atoms with Crippen molar-refractivity contribution in [3.05, 3.63) is 33.1 Å². The molecular formula is C6H8N2O2. The molecule has 1 aromatic heterocycles. The van der Waals surface area contributed by atoms with Crippen LogP contribution in [0.1, 0.15) is 8.22 Å². The Labute approximate surface area is 65.8 Å². The van der Waals surface area contributed by atoms with Crippen molar-refractivity contribution in [2.24, 2.45) is 14.0 Å². The first kappa shape index (κ1) is 2.38. The minimum atomic E-state index is -3.00. The minimum absolute atomic E-state index is 0.0701. The van der Waals surface area contributed by atoms with Gasteiger partial charge < -0.3 is 4.57 Å². The molecule has 54 valence electrons. The van der Waals surface area contributed by atoms with E-state index in [1.807, 2.05) is 0 Å². The van der Waals surface area contributed by atoms with Gasteiger partial charge >= 0.3 is 5.69 Å². The average Bonchev–Trinajstić information content (AvgIpc) is 1.97. The lowest BCUT2D eigenvalue weighted by Crippen LogP contribution is -2.35. The monoisotopic (exact) mass is 146 g/mol. The molecule has 0 aliphatic carbocycles. The van der Waals surface area contributed by atoms with Gasteiger partial charge in [0, 0.05) is 34.4 Å². The molecule has 0 fully saturated rings. The molecule has 4 nitrogen and oxygen atoms in total. The highest BCUT2D eigenvalue weighted by molar-refractivity contribution is 4.83. The summed E-state index contributed by atoms with van der Waals surface area (Å²) >= 11 is 0. The highest BCUT2D eigenvalue weighted by Gasteiger charge is 1.93. The van der Waals surface area contributed by atoms with Gasteiger partial charge in [-0.1, -0.05) is 0 Å². The summed E-state index contributed by atoms with van der Waals surface area (Å²) in [5, 5.41) is 0. The van der Waals surface area contributed by atoms with E-state index in [0.29, 0.717) is 0 Å². The van der Waals surface area contributed by atoms with Gasteiger partial charge in [-0.2, -0.15) is 0 Å². The van der Waals surface area contributed by atoms with Crippen molar-refractivity contribution < 1.29 is 8.22 Å². The maximum absolute atomic E-state index is 11.5. The van der Waals surface area contributed by atoms with Crippen molar-refractivity contribution >= 4 is 0 Å². The van der Waals surface area contributed by atoms with Crippen LogP contribution >= 0.6 is 0 Å². The van der Waals surface area contributed by atoms with E-state index < -0.39 is 25.2 Å². The van der Waals surface area contributed by atoms with Gasteiger partial charge in [0.2, 0.25) is 0 Å². The van der Waals surface area contributed by atoms with E-state index in [9.17, 15) is 9.59 Å². The second kappa shape index (κ2) is 2.13. The molecule has 10 heavy (non-hydrogen) atoms. The van der Waals surface area contributed by atoms with Crippen molar-refractivity contribution in [1.82, 2.24) is 9.13 Å². The number of rotatable bonds is 0. The van der Waals surface area contributed by atoms with Crippen LogP contribution in [0.3, 0.4) is 0 Å². The molecule has 1 rings (SSSR count). The van der Waals surface area contributed by atoms with Crippen molar-refractivity contribution in [3.63, 3.8) is 0 Å². The summed E-state index contributed by atoms with van der Waals surface area (Å²) in [5.74, 6) is 0. The Bertz CT molecular complexity index is 507. The summed E-state index contributed by atoms with van der Waals surface area (Å²) in [4.78, 5) is 22.7. The summed E-state index contributed by atoms with van der Waals surface area (Å²) in [6.45, 7) is -5.82. The number of aryl methyl sites for hydroxylation is 1. The first-order chi connectivity index (χ1) is 7.05. The molecule has 1 aromatic rings. The number of nitrogens with zero attached hydrogens (tertiary/aromatic N) is 2. The lowest BCUT2D eigenvalue weighted by Gasteiger charge is -1.97. The summed E-state index contributed by atoms with van der Waals surface area (Å²) in [6, 6.07) is 0.722. The van der Waals surface area contributed by atoms with Crippen molar-refractivity contribution in [1.29, 1.82) is 0 Å². The maximum atomic E-state index is 11.5. The second-order valence-electron chi connectivity index (χ2n) is 1.64. The Hall–Kier alpha value is -1.32. The van der Waals surface area contributed by atoms with Gasteiger partial charge in [0.1, 0.15) is 0 Å². The van der Waals surface area contributed by atoms with Crippen LogP contribution in [0.25, 0.3) is 0 Å². The van der Waals surface area contributed by atoms with Crippen molar-refractivity contribution in [3.8, 4) is 0 Å².